The van der Waals surface area contributed by atoms with Crippen molar-refractivity contribution in [3.05, 3.63) is 56.0 Å². The van der Waals surface area contributed by atoms with Crippen LogP contribution in [0.15, 0.2) is 44.9 Å². The number of nitrogens with one attached hydrogen (secondary N) is 1. The molecule has 2 N–H and O–H groups in total. The van der Waals surface area contributed by atoms with E-state index in [1.54, 1.807) is 37.4 Å². The number of benzene rings is 2. The monoisotopic (exact) mass is 494 g/mol. The van der Waals surface area contributed by atoms with E-state index in [0.717, 1.165) is 5.56 Å². The van der Waals surface area contributed by atoms with Crippen molar-refractivity contribution in [2.75, 3.05) is 14.2 Å². The maximum absolute atomic E-state index is 12.4. The van der Waals surface area contributed by atoms with Gasteiger partial charge in [0.15, 0.2) is 0 Å². The molecule has 6 nitrogen and oxygen atoms in total. The number of rotatable bonds is 6. The van der Waals surface area contributed by atoms with Crippen LogP contribution in [0.25, 0.3) is 6.08 Å². The summed E-state index contributed by atoms with van der Waals surface area (Å²) in [6.07, 6.45) is 1.44. The molecular weight excluding hydrogens is 480 g/mol. The van der Waals surface area contributed by atoms with E-state index in [1.165, 1.54) is 13.2 Å². The number of carbonyl (C=O) groups excluding carboxylic acids is 1. The van der Waals surface area contributed by atoms with Crippen molar-refractivity contribution in [1.29, 1.82) is 5.26 Å². The zero-order chi connectivity index (χ0) is 20.0. The van der Waals surface area contributed by atoms with Crippen LogP contribution in [0.5, 0.6) is 17.2 Å². The minimum absolute atomic E-state index is 0.0432. The molecule has 0 bridgehead atoms. The maximum Gasteiger partial charge on any atom is 0.262 e. The van der Waals surface area contributed by atoms with E-state index in [1.807, 2.05) is 6.07 Å². The number of amides is 1. The average molecular weight is 496 g/mol. The highest BCUT2D eigenvalue weighted by Crippen LogP contribution is 2.34. The molecular formula is C19H16Br2N2O4. The Morgan fingerprint density at radius 1 is 1.22 bits per heavy atom. The van der Waals surface area contributed by atoms with Crippen molar-refractivity contribution in [3.63, 3.8) is 0 Å². The Hall–Kier alpha value is -2.50. The van der Waals surface area contributed by atoms with Gasteiger partial charge in [-0.2, -0.15) is 5.26 Å². The van der Waals surface area contributed by atoms with Gasteiger partial charge < -0.3 is 19.9 Å². The number of methoxy groups -OCH3 is 2. The highest BCUT2D eigenvalue weighted by atomic mass is 79.9. The van der Waals surface area contributed by atoms with Gasteiger partial charge in [-0.25, -0.2) is 0 Å². The van der Waals surface area contributed by atoms with Crippen molar-refractivity contribution >= 4 is 43.8 Å². The minimum Gasteiger partial charge on any atom is -0.506 e. The second kappa shape index (κ2) is 9.44. The van der Waals surface area contributed by atoms with Gasteiger partial charge >= 0.3 is 0 Å². The number of halogens is 2. The molecule has 0 aliphatic heterocycles. The van der Waals surface area contributed by atoms with Crippen molar-refractivity contribution in [2.24, 2.45) is 0 Å². The summed E-state index contributed by atoms with van der Waals surface area (Å²) in [6, 6.07) is 10.4. The van der Waals surface area contributed by atoms with Gasteiger partial charge in [-0.3, -0.25) is 4.79 Å². The third-order valence-electron chi connectivity index (χ3n) is 3.65. The molecule has 0 fully saturated rings. The zero-order valence-corrected chi connectivity index (χ0v) is 17.7. The van der Waals surface area contributed by atoms with Crippen LogP contribution in [-0.2, 0) is 11.3 Å². The lowest BCUT2D eigenvalue weighted by atomic mass is 10.1. The zero-order valence-electron chi connectivity index (χ0n) is 14.5. The van der Waals surface area contributed by atoms with Crippen molar-refractivity contribution < 1.29 is 19.4 Å². The Kier molecular flexibility index (Phi) is 7.28. The van der Waals surface area contributed by atoms with Crippen molar-refractivity contribution in [2.45, 2.75) is 6.54 Å². The molecule has 140 valence electrons. The van der Waals surface area contributed by atoms with E-state index < -0.39 is 5.91 Å². The lowest BCUT2D eigenvalue weighted by Gasteiger charge is -2.11. The fraction of sp³-hybridized carbons (Fsp3) is 0.158. The van der Waals surface area contributed by atoms with E-state index in [9.17, 15) is 15.2 Å². The Morgan fingerprint density at radius 2 is 1.89 bits per heavy atom. The van der Waals surface area contributed by atoms with Crippen LogP contribution in [0.1, 0.15) is 11.1 Å². The Bertz CT molecular complexity index is 913. The third kappa shape index (κ3) is 5.25. The van der Waals surface area contributed by atoms with Crippen LogP contribution in [0.4, 0.5) is 0 Å². The normalized spacial score (nSPS) is 10.9. The maximum atomic E-state index is 12.4. The fourth-order valence-corrected chi connectivity index (χ4v) is 3.47. The van der Waals surface area contributed by atoms with Gasteiger partial charge in [0.1, 0.15) is 28.9 Å². The number of ether oxygens (including phenoxy) is 2. The second-order valence-corrected chi connectivity index (χ2v) is 7.07. The molecule has 0 atom stereocenters. The van der Waals surface area contributed by atoms with Gasteiger partial charge in [0.25, 0.3) is 5.91 Å². The summed E-state index contributed by atoms with van der Waals surface area (Å²) in [5.41, 5.74) is 1.27. The van der Waals surface area contributed by atoms with Gasteiger partial charge in [0, 0.05) is 18.2 Å². The molecule has 2 rings (SSSR count). The van der Waals surface area contributed by atoms with Crippen LogP contribution in [0.3, 0.4) is 0 Å². The van der Waals surface area contributed by atoms with Gasteiger partial charge in [-0.1, -0.05) is 0 Å². The summed E-state index contributed by atoms with van der Waals surface area (Å²) in [7, 11) is 3.08. The van der Waals surface area contributed by atoms with Crippen molar-refractivity contribution in [1.82, 2.24) is 5.32 Å². The molecule has 0 radical (unpaired) electrons. The number of nitriles is 1. The standard InChI is InChI=1S/C19H16Br2N2O4/c1-26-14-4-3-12(17(8-14)27-2)10-23-19(25)13(9-22)5-11-6-15(20)18(24)16(21)7-11/h3-8,24H,10H2,1-2H3,(H,23,25)/b13-5+. The summed E-state index contributed by atoms with van der Waals surface area (Å²) in [6.45, 7) is 0.188. The van der Waals surface area contributed by atoms with Gasteiger partial charge in [0.2, 0.25) is 0 Å². The lowest BCUT2D eigenvalue weighted by molar-refractivity contribution is -0.117. The summed E-state index contributed by atoms with van der Waals surface area (Å²) in [4.78, 5) is 12.4. The van der Waals surface area contributed by atoms with E-state index in [-0.39, 0.29) is 17.9 Å². The number of aromatic hydroxyl groups is 1. The topological polar surface area (TPSA) is 91.6 Å². The molecule has 8 heteroatoms. The van der Waals surface area contributed by atoms with E-state index >= 15 is 0 Å². The first-order valence-corrected chi connectivity index (χ1v) is 9.27. The molecule has 1 amide bonds. The number of nitrogens with zero attached hydrogens (tertiary/aromatic N) is 1. The van der Waals surface area contributed by atoms with Crippen LogP contribution in [-0.4, -0.2) is 25.2 Å². The molecule has 0 aliphatic carbocycles. The van der Waals surface area contributed by atoms with Crippen molar-refractivity contribution in [3.8, 4) is 23.3 Å². The molecule has 0 heterocycles. The molecule has 0 aromatic heterocycles. The first-order chi connectivity index (χ1) is 12.9. The Balaban J connectivity index is 2.18. The number of phenolic OH excluding ortho intramolecular Hbond substituents is 1. The summed E-state index contributed by atoms with van der Waals surface area (Å²) in [5.74, 6) is 0.740. The quantitative estimate of drug-likeness (QED) is 0.463. The molecule has 0 saturated heterocycles. The Labute approximate surface area is 173 Å². The molecule has 2 aromatic carbocycles. The largest absolute Gasteiger partial charge is 0.506 e. The predicted octanol–water partition coefficient (Wildman–Crippen LogP) is 4.16. The van der Waals surface area contributed by atoms with Crippen LogP contribution < -0.4 is 14.8 Å². The van der Waals surface area contributed by atoms with Gasteiger partial charge in [-0.05, 0) is 67.8 Å². The minimum atomic E-state index is -0.518. The summed E-state index contributed by atoms with van der Waals surface area (Å²) >= 11 is 6.44. The molecule has 0 saturated carbocycles. The van der Waals surface area contributed by atoms with E-state index in [0.29, 0.717) is 26.0 Å². The highest BCUT2D eigenvalue weighted by Gasteiger charge is 2.12. The number of hydrogen-bond donors (Lipinski definition) is 2. The number of phenols is 1. The first kappa shape index (κ1) is 20.8. The molecule has 2 aromatic rings. The third-order valence-corrected chi connectivity index (χ3v) is 4.86. The highest BCUT2D eigenvalue weighted by molar-refractivity contribution is 9.11. The fourth-order valence-electron chi connectivity index (χ4n) is 2.25. The first-order valence-electron chi connectivity index (χ1n) is 7.68. The SMILES string of the molecule is COc1ccc(CNC(=O)/C(C#N)=C/c2cc(Br)c(O)c(Br)c2)c(OC)c1. The predicted molar refractivity (Wildman–Crippen MR) is 108 cm³/mol. The Morgan fingerprint density at radius 3 is 2.44 bits per heavy atom. The summed E-state index contributed by atoms with van der Waals surface area (Å²) in [5, 5.41) is 21.8. The van der Waals surface area contributed by atoms with Crippen LogP contribution in [0, 0.1) is 11.3 Å². The van der Waals surface area contributed by atoms with Crippen LogP contribution in [0.2, 0.25) is 0 Å². The molecule has 0 spiro atoms. The molecule has 27 heavy (non-hydrogen) atoms. The molecule has 0 unspecified atom stereocenters. The number of hydrogen-bond acceptors (Lipinski definition) is 5. The second-order valence-electron chi connectivity index (χ2n) is 5.36. The van der Waals surface area contributed by atoms with Crippen LogP contribution >= 0.6 is 31.9 Å². The van der Waals surface area contributed by atoms with Gasteiger partial charge in [0.05, 0.1) is 23.2 Å². The van der Waals surface area contributed by atoms with E-state index in [4.69, 9.17) is 9.47 Å². The smallest absolute Gasteiger partial charge is 0.262 e. The molecule has 0 aliphatic rings. The van der Waals surface area contributed by atoms with Gasteiger partial charge in [-0.15, -0.1) is 0 Å². The lowest BCUT2D eigenvalue weighted by Crippen LogP contribution is -2.24. The average Bonchev–Trinajstić information content (AvgIpc) is 2.67. The number of carbonyl (C=O) groups is 1. The summed E-state index contributed by atoms with van der Waals surface area (Å²) < 4.78 is 11.3. The van der Waals surface area contributed by atoms with E-state index in [2.05, 4.69) is 37.2 Å².